The molecular weight excluding hydrogens is 420 g/mol. The molecule has 1 heterocycles. The zero-order valence-electron chi connectivity index (χ0n) is 16.9. The summed E-state index contributed by atoms with van der Waals surface area (Å²) in [6, 6.07) is 14.6. The van der Waals surface area contributed by atoms with Gasteiger partial charge in [0.15, 0.2) is 6.61 Å². The molecule has 0 aliphatic heterocycles. The van der Waals surface area contributed by atoms with E-state index in [9.17, 15) is 13.6 Å². The first-order valence-electron chi connectivity index (χ1n) is 9.27. The summed E-state index contributed by atoms with van der Waals surface area (Å²) in [5, 5.41) is 7.10. The van der Waals surface area contributed by atoms with Gasteiger partial charge in [0.1, 0.15) is 10.6 Å². The van der Waals surface area contributed by atoms with Crippen molar-refractivity contribution in [2.45, 2.75) is 20.3 Å². The Morgan fingerprint density at radius 1 is 1.26 bits per heavy atom. The molecule has 5 nitrogen and oxygen atoms in total. The molecule has 0 radical (unpaired) electrons. The number of hydrogen-bond acceptors (Lipinski definition) is 5. The minimum absolute atomic E-state index is 0.0866. The zero-order valence-corrected chi connectivity index (χ0v) is 17.7. The number of carbonyl (C=O) groups is 1. The summed E-state index contributed by atoms with van der Waals surface area (Å²) in [6.07, 6.45) is 2.32. The van der Waals surface area contributed by atoms with Crippen LogP contribution in [0, 0.1) is 19.3 Å². The molecule has 1 N–H and O–H groups in total. The highest BCUT2D eigenvalue weighted by molar-refractivity contribution is 7.13. The molecule has 1 amide bonds. The largest absolute Gasteiger partial charge is 0.382 e. The Hall–Kier alpha value is -3.57. The number of anilines is 1. The third kappa shape index (κ3) is 5.32. The van der Waals surface area contributed by atoms with Crippen LogP contribution in [0.1, 0.15) is 39.3 Å². The van der Waals surface area contributed by atoms with Crippen LogP contribution in [0.15, 0.2) is 53.7 Å². The van der Waals surface area contributed by atoms with Crippen LogP contribution in [0.4, 0.5) is 14.5 Å². The average molecular weight is 439 g/mol. The molecule has 0 fully saturated rings. The predicted molar refractivity (Wildman–Crippen MR) is 119 cm³/mol. The van der Waals surface area contributed by atoms with Crippen molar-refractivity contribution in [3.63, 3.8) is 0 Å². The van der Waals surface area contributed by atoms with Crippen molar-refractivity contribution < 1.29 is 18.4 Å². The van der Waals surface area contributed by atoms with E-state index >= 15 is 0 Å². The van der Waals surface area contributed by atoms with Crippen LogP contribution in [-0.4, -0.2) is 23.2 Å². The minimum atomic E-state index is -2.82. The van der Waals surface area contributed by atoms with E-state index in [4.69, 9.17) is 11.3 Å². The van der Waals surface area contributed by atoms with Crippen LogP contribution < -0.4 is 5.32 Å². The number of para-hydroxylation sites is 1. The van der Waals surface area contributed by atoms with E-state index in [0.717, 1.165) is 28.0 Å². The fourth-order valence-electron chi connectivity index (χ4n) is 2.89. The number of thiazole rings is 1. The Morgan fingerprint density at radius 2 is 1.97 bits per heavy atom. The van der Waals surface area contributed by atoms with Gasteiger partial charge in [0.05, 0.1) is 10.7 Å². The normalized spacial score (nSPS) is 11.3. The lowest BCUT2D eigenvalue weighted by Crippen LogP contribution is -2.13. The minimum Gasteiger partial charge on any atom is -0.382 e. The Kier molecular flexibility index (Phi) is 7.11. The van der Waals surface area contributed by atoms with Gasteiger partial charge in [-0.25, -0.2) is 13.8 Å². The second-order valence-corrected chi connectivity index (χ2v) is 7.68. The Bertz CT molecular complexity index is 1150. The van der Waals surface area contributed by atoms with Crippen molar-refractivity contribution in [3.8, 4) is 23.5 Å². The number of alkyl halides is 2. The van der Waals surface area contributed by atoms with Gasteiger partial charge in [-0.2, -0.15) is 0 Å². The van der Waals surface area contributed by atoms with Crippen LogP contribution in [0.3, 0.4) is 0 Å². The van der Waals surface area contributed by atoms with Crippen LogP contribution in [0.5, 0.6) is 0 Å². The number of terminal acetylenes is 1. The summed E-state index contributed by atoms with van der Waals surface area (Å²) in [5.41, 5.74) is 3.12. The van der Waals surface area contributed by atoms with Gasteiger partial charge in [0.25, 0.3) is 12.3 Å². The van der Waals surface area contributed by atoms with E-state index < -0.39 is 18.0 Å². The molecule has 0 spiro atoms. The molecule has 158 valence electrons. The summed E-state index contributed by atoms with van der Waals surface area (Å²) in [7, 11) is 0. The molecule has 3 rings (SSSR count). The molecule has 0 aliphatic rings. The number of nitrogens with one attached hydrogen (secondary N) is 1. The van der Waals surface area contributed by atoms with Crippen molar-refractivity contribution in [3.05, 3.63) is 69.7 Å². The quantitative estimate of drug-likeness (QED) is 0.223. The lowest BCUT2D eigenvalue weighted by molar-refractivity contribution is 0.101. The van der Waals surface area contributed by atoms with Gasteiger partial charge >= 0.3 is 0 Å². The number of hydrogen-bond donors (Lipinski definition) is 1. The molecule has 1 aromatic heterocycles. The summed E-state index contributed by atoms with van der Waals surface area (Å²) in [5.74, 6) is 1.73. The van der Waals surface area contributed by atoms with Gasteiger partial charge in [-0.05, 0) is 31.0 Å². The number of aryl methyl sites for hydroxylation is 1. The molecule has 0 aliphatic carbocycles. The monoisotopic (exact) mass is 439 g/mol. The van der Waals surface area contributed by atoms with E-state index in [0.29, 0.717) is 16.4 Å². The topological polar surface area (TPSA) is 63.6 Å². The lowest BCUT2D eigenvalue weighted by atomic mass is 10.0. The molecular formula is C23H19F2N3O2S. The number of oxime groups is 1. The van der Waals surface area contributed by atoms with Crippen molar-refractivity contribution >= 4 is 28.6 Å². The van der Waals surface area contributed by atoms with E-state index in [1.54, 1.807) is 26.0 Å². The van der Waals surface area contributed by atoms with E-state index in [2.05, 4.69) is 21.4 Å². The van der Waals surface area contributed by atoms with E-state index in [-0.39, 0.29) is 11.5 Å². The van der Waals surface area contributed by atoms with E-state index in [1.807, 2.05) is 36.4 Å². The fourth-order valence-corrected chi connectivity index (χ4v) is 3.71. The Balaban J connectivity index is 1.85. The number of carbonyl (C=O) groups excluding carboxylic acids is 1. The van der Waals surface area contributed by atoms with Gasteiger partial charge in [0.2, 0.25) is 0 Å². The Morgan fingerprint density at radius 3 is 2.65 bits per heavy atom. The number of halogens is 2. The van der Waals surface area contributed by atoms with Crippen LogP contribution in [-0.2, 0) is 4.84 Å². The number of amides is 1. The van der Waals surface area contributed by atoms with Crippen molar-refractivity contribution in [1.29, 1.82) is 0 Å². The van der Waals surface area contributed by atoms with Crippen molar-refractivity contribution in [2.75, 3.05) is 11.9 Å². The first-order valence-corrected chi connectivity index (χ1v) is 10.1. The van der Waals surface area contributed by atoms with Crippen LogP contribution in [0.25, 0.3) is 11.1 Å². The standard InChI is InChI=1S/C23H19F2N3O2S/c1-4-13-30-28-14(2)16-9-11-17(12-10-16)18-7-5-6-8-19(18)27-23(29)21-20(22(24)25)26-15(3)31-21/h1,5-12,22H,13H2,2-3H3,(H,27,29). The summed E-state index contributed by atoms with van der Waals surface area (Å²) >= 11 is 0.944. The second kappa shape index (κ2) is 9.96. The second-order valence-electron chi connectivity index (χ2n) is 6.48. The Labute approximate surface area is 182 Å². The molecule has 31 heavy (non-hydrogen) atoms. The summed E-state index contributed by atoms with van der Waals surface area (Å²) < 4.78 is 26.4. The van der Waals surface area contributed by atoms with Gasteiger partial charge in [-0.1, -0.05) is 53.5 Å². The van der Waals surface area contributed by atoms with Crippen molar-refractivity contribution in [2.24, 2.45) is 5.16 Å². The maximum absolute atomic E-state index is 13.2. The first-order chi connectivity index (χ1) is 14.9. The third-order valence-corrected chi connectivity index (χ3v) is 5.30. The highest BCUT2D eigenvalue weighted by Gasteiger charge is 2.24. The predicted octanol–water partition coefficient (Wildman–Crippen LogP) is 5.68. The highest BCUT2D eigenvalue weighted by atomic mass is 32.1. The van der Waals surface area contributed by atoms with Gasteiger partial charge in [0, 0.05) is 11.3 Å². The van der Waals surface area contributed by atoms with Gasteiger partial charge < -0.3 is 10.2 Å². The summed E-state index contributed by atoms with van der Waals surface area (Å²) in [6.45, 7) is 3.48. The first kappa shape index (κ1) is 22.1. The van der Waals surface area contributed by atoms with Crippen LogP contribution >= 0.6 is 11.3 Å². The average Bonchev–Trinajstić information content (AvgIpc) is 3.17. The molecule has 0 unspecified atom stereocenters. The van der Waals surface area contributed by atoms with Crippen LogP contribution in [0.2, 0.25) is 0 Å². The van der Waals surface area contributed by atoms with Gasteiger partial charge in [-0.15, -0.1) is 17.8 Å². The lowest BCUT2D eigenvalue weighted by Gasteiger charge is -2.12. The third-order valence-electron chi connectivity index (χ3n) is 4.31. The summed E-state index contributed by atoms with van der Waals surface area (Å²) in [4.78, 5) is 21.4. The smallest absolute Gasteiger partial charge is 0.282 e. The number of benzene rings is 2. The molecule has 2 aromatic carbocycles. The number of rotatable bonds is 7. The highest BCUT2D eigenvalue weighted by Crippen LogP contribution is 2.31. The molecule has 0 saturated carbocycles. The SMILES string of the molecule is C#CCON=C(C)c1ccc(-c2ccccc2NC(=O)c2sc(C)nc2C(F)F)cc1. The molecule has 0 bridgehead atoms. The molecule has 3 aromatic rings. The maximum atomic E-state index is 13.2. The number of aromatic nitrogens is 1. The van der Waals surface area contributed by atoms with Crippen molar-refractivity contribution in [1.82, 2.24) is 4.98 Å². The zero-order chi connectivity index (χ0) is 22.4. The maximum Gasteiger partial charge on any atom is 0.282 e. The molecule has 0 saturated heterocycles. The van der Waals surface area contributed by atoms with Gasteiger partial charge in [-0.3, -0.25) is 4.79 Å². The number of nitrogens with zero attached hydrogens (tertiary/aromatic N) is 2. The van der Waals surface area contributed by atoms with E-state index in [1.165, 1.54) is 0 Å². The molecule has 0 atom stereocenters. The molecule has 8 heteroatoms. The fraction of sp³-hybridized carbons (Fsp3) is 0.174.